The molecule has 26 heavy (non-hydrogen) atoms. The van der Waals surface area contributed by atoms with Gasteiger partial charge in [-0.3, -0.25) is 9.59 Å². The van der Waals surface area contributed by atoms with E-state index in [9.17, 15) is 18.0 Å². The third-order valence-corrected chi connectivity index (χ3v) is 6.40. The number of carbonyl (C=O) groups excluding carboxylic acids is 1. The van der Waals surface area contributed by atoms with Crippen molar-refractivity contribution in [3.8, 4) is 0 Å². The summed E-state index contributed by atoms with van der Waals surface area (Å²) in [6.07, 6.45) is 4.39. The van der Waals surface area contributed by atoms with Crippen LogP contribution in [0.3, 0.4) is 0 Å². The number of carboxylic acid groups (broad SMARTS) is 1. The zero-order chi connectivity index (χ0) is 19.0. The molecular formula is C18H26N2O5S. The van der Waals surface area contributed by atoms with E-state index >= 15 is 0 Å². The first-order valence-corrected chi connectivity index (χ1v) is 10.4. The summed E-state index contributed by atoms with van der Waals surface area (Å²) in [5.74, 6) is -1.05. The quantitative estimate of drug-likeness (QED) is 0.602. The van der Waals surface area contributed by atoms with Gasteiger partial charge in [0.25, 0.3) is 0 Å². The van der Waals surface area contributed by atoms with Crippen LogP contribution in [0, 0.1) is 0 Å². The lowest BCUT2D eigenvalue weighted by molar-refractivity contribution is -0.137. The standard InChI is InChI=1S/C18H26N2O5S/c21-17(22)12-6-1-2-7-13-19-18(23)16-11-8-14-20(16)26(24,25)15-9-4-3-5-10-15/h3-5,9-10,16H,1-2,6-8,11-14H2,(H,19,23)(H,21,22). The molecule has 1 unspecified atom stereocenters. The van der Waals surface area contributed by atoms with E-state index in [2.05, 4.69) is 5.32 Å². The number of carbonyl (C=O) groups is 2. The van der Waals surface area contributed by atoms with Crippen LogP contribution in [0.4, 0.5) is 0 Å². The van der Waals surface area contributed by atoms with Crippen molar-refractivity contribution >= 4 is 21.9 Å². The summed E-state index contributed by atoms with van der Waals surface area (Å²) in [5.41, 5.74) is 0. The van der Waals surface area contributed by atoms with Gasteiger partial charge in [-0.15, -0.1) is 0 Å². The molecule has 1 heterocycles. The number of hydrogen-bond acceptors (Lipinski definition) is 4. The summed E-state index contributed by atoms with van der Waals surface area (Å²) in [7, 11) is -3.67. The summed E-state index contributed by atoms with van der Waals surface area (Å²) in [6, 6.07) is 7.51. The van der Waals surface area contributed by atoms with E-state index in [1.165, 1.54) is 4.31 Å². The third-order valence-electron chi connectivity index (χ3n) is 4.47. The fourth-order valence-corrected chi connectivity index (χ4v) is 4.78. The summed E-state index contributed by atoms with van der Waals surface area (Å²) in [4.78, 5) is 23.1. The van der Waals surface area contributed by atoms with Gasteiger partial charge >= 0.3 is 5.97 Å². The molecule has 0 radical (unpaired) electrons. The molecule has 2 N–H and O–H groups in total. The van der Waals surface area contributed by atoms with E-state index in [-0.39, 0.29) is 17.2 Å². The predicted molar refractivity (Wildman–Crippen MR) is 97.1 cm³/mol. The minimum absolute atomic E-state index is 0.167. The van der Waals surface area contributed by atoms with Crippen LogP contribution in [0.25, 0.3) is 0 Å². The maximum atomic E-state index is 12.8. The number of nitrogens with zero attached hydrogens (tertiary/aromatic N) is 1. The topological polar surface area (TPSA) is 104 Å². The van der Waals surface area contributed by atoms with Crippen LogP contribution in [-0.4, -0.2) is 48.8 Å². The molecule has 1 aliphatic heterocycles. The summed E-state index contributed by atoms with van der Waals surface area (Å²) in [6.45, 7) is 0.826. The van der Waals surface area contributed by atoms with Crippen molar-refractivity contribution in [3.63, 3.8) is 0 Å². The highest BCUT2D eigenvalue weighted by Gasteiger charge is 2.39. The Kier molecular flexibility index (Phi) is 7.59. The number of hydrogen-bond donors (Lipinski definition) is 2. The highest BCUT2D eigenvalue weighted by molar-refractivity contribution is 7.89. The van der Waals surface area contributed by atoms with Gasteiger partial charge in [0.1, 0.15) is 6.04 Å². The molecule has 144 valence electrons. The molecule has 7 nitrogen and oxygen atoms in total. The molecule has 1 saturated heterocycles. The molecule has 1 atom stereocenters. The maximum absolute atomic E-state index is 12.8. The first-order chi connectivity index (χ1) is 12.4. The van der Waals surface area contributed by atoms with E-state index in [0.29, 0.717) is 32.4 Å². The second-order valence-corrected chi connectivity index (χ2v) is 8.33. The van der Waals surface area contributed by atoms with Gasteiger partial charge in [0, 0.05) is 19.5 Å². The molecule has 2 rings (SSSR count). The van der Waals surface area contributed by atoms with Crippen molar-refractivity contribution in [1.29, 1.82) is 0 Å². The van der Waals surface area contributed by atoms with Crippen LogP contribution in [-0.2, 0) is 19.6 Å². The predicted octanol–water partition coefficient (Wildman–Crippen LogP) is 1.99. The SMILES string of the molecule is O=C(O)CCCCCCNC(=O)C1CCCN1S(=O)(=O)c1ccccc1. The molecule has 0 saturated carbocycles. The van der Waals surface area contributed by atoms with Gasteiger partial charge in [-0.1, -0.05) is 31.0 Å². The Labute approximate surface area is 154 Å². The number of unbranched alkanes of at least 4 members (excludes halogenated alkanes) is 3. The number of sulfonamides is 1. The van der Waals surface area contributed by atoms with Crippen molar-refractivity contribution in [2.75, 3.05) is 13.1 Å². The average Bonchev–Trinajstić information content (AvgIpc) is 3.12. The molecule has 1 fully saturated rings. The van der Waals surface area contributed by atoms with Gasteiger partial charge in [0.15, 0.2) is 0 Å². The van der Waals surface area contributed by atoms with Crippen molar-refractivity contribution in [1.82, 2.24) is 9.62 Å². The number of benzene rings is 1. The Balaban J connectivity index is 1.82. The fourth-order valence-electron chi connectivity index (χ4n) is 3.10. The summed E-state index contributed by atoms with van der Waals surface area (Å²) < 4.78 is 26.8. The van der Waals surface area contributed by atoms with Gasteiger partial charge in [0.05, 0.1) is 4.90 Å². The molecule has 1 aromatic rings. The Hall–Kier alpha value is -1.93. The smallest absolute Gasteiger partial charge is 0.303 e. The molecule has 0 aromatic heterocycles. The highest BCUT2D eigenvalue weighted by atomic mass is 32.2. The number of carboxylic acids is 1. The van der Waals surface area contributed by atoms with E-state index in [0.717, 1.165) is 19.3 Å². The van der Waals surface area contributed by atoms with Crippen molar-refractivity contribution in [2.45, 2.75) is 55.9 Å². The number of nitrogens with one attached hydrogen (secondary N) is 1. The highest BCUT2D eigenvalue weighted by Crippen LogP contribution is 2.26. The van der Waals surface area contributed by atoms with Crippen LogP contribution in [0.15, 0.2) is 35.2 Å². The van der Waals surface area contributed by atoms with Crippen molar-refractivity contribution in [3.05, 3.63) is 30.3 Å². The average molecular weight is 382 g/mol. The summed E-state index contributed by atoms with van der Waals surface area (Å²) in [5, 5.41) is 11.4. The summed E-state index contributed by atoms with van der Waals surface area (Å²) >= 11 is 0. The lowest BCUT2D eigenvalue weighted by Gasteiger charge is -2.23. The monoisotopic (exact) mass is 382 g/mol. The molecule has 1 amide bonds. The number of aliphatic carboxylic acids is 1. The van der Waals surface area contributed by atoms with Gasteiger partial charge in [-0.2, -0.15) is 4.31 Å². The second-order valence-electron chi connectivity index (χ2n) is 6.44. The van der Waals surface area contributed by atoms with E-state index in [1.54, 1.807) is 30.3 Å². The Bertz CT molecular complexity index is 706. The first kappa shape index (κ1) is 20.4. The van der Waals surface area contributed by atoms with Crippen LogP contribution >= 0.6 is 0 Å². The van der Waals surface area contributed by atoms with Crippen LogP contribution in [0.5, 0.6) is 0 Å². The second kappa shape index (κ2) is 9.68. The van der Waals surface area contributed by atoms with Crippen LogP contribution in [0.1, 0.15) is 44.9 Å². The molecule has 0 spiro atoms. The maximum Gasteiger partial charge on any atom is 0.303 e. The minimum Gasteiger partial charge on any atom is -0.481 e. The van der Waals surface area contributed by atoms with Crippen molar-refractivity contribution < 1.29 is 23.1 Å². The van der Waals surface area contributed by atoms with E-state index < -0.39 is 22.0 Å². The normalized spacial score (nSPS) is 17.9. The Morgan fingerprint density at radius 1 is 1.12 bits per heavy atom. The molecule has 0 bridgehead atoms. The first-order valence-electron chi connectivity index (χ1n) is 8.99. The Morgan fingerprint density at radius 3 is 2.50 bits per heavy atom. The molecule has 8 heteroatoms. The zero-order valence-corrected chi connectivity index (χ0v) is 15.6. The van der Waals surface area contributed by atoms with Crippen molar-refractivity contribution in [2.24, 2.45) is 0 Å². The third kappa shape index (κ3) is 5.54. The minimum atomic E-state index is -3.67. The van der Waals surface area contributed by atoms with Crippen LogP contribution < -0.4 is 5.32 Å². The van der Waals surface area contributed by atoms with E-state index in [1.807, 2.05) is 0 Å². The van der Waals surface area contributed by atoms with Gasteiger partial charge in [-0.05, 0) is 37.8 Å². The van der Waals surface area contributed by atoms with Crippen LogP contribution in [0.2, 0.25) is 0 Å². The van der Waals surface area contributed by atoms with Gasteiger partial charge < -0.3 is 10.4 Å². The van der Waals surface area contributed by atoms with E-state index in [4.69, 9.17) is 5.11 Å². The lowest BCUT2D eigenvalue weighted by Crippen LogP contribution is -2.46. The molecular weight excluding hydrogens is 356 g/mol. The zero-order valence-electron chi connectivity index (χ0n) is 14.8. The fraction of sp³-hybridized carbons (Fsp3) is 0.556. The largest absolute Gasteiger partial charge is 0.481 e. The molecule has 1 aliphatic rings. The van der Waals surface area contributed by atoms with Gasteiger partial charge in [0.2, 0.25) is 15.9 Å². The molecule has 0 aliphatic carbocycles. The number of rotatable bonds is 10. The van der Waals surface area contributed by atoms with Gasteiger partial charge in [-0.25, -0.2) is 8.42 Å². The lowest BCUT2D eigenvalue weighted by atomic mass is 10.1. The number of amides is 1. The molecule has 1 aromatic carbocycles. The Morgan fingerprint density at radius 2 is 1.81 bits per heavy atom.